The van der Waals surface area contributed by atoms with E-state index in [1.807, 2.05) is 0 Å². The summed E-state index contributed by atoms with van der Waals surface area (Å²) in [5.74, 6) is 0. The second-order valence-corrected chi connectivity index (χ2v) is 2.88. The highest BCUT2D eigenvalue weighted by Crippen LogP contribution is 2.18. The summed E-state index contributed by atoms with van der Waals surface area (Å²) >= 11 is 0. The molecule has 3 nitrogen and oxygen atoms in total. The Balaban J connectivity index is 2.04. The molecule has 1 atom stereocenters. The Kier molecular flexibility index (Phi) is 1.22. The molecule has 2 aliphatic heterocycles. The normalized spacial score (nSPS) is 42.7. The molecule has 2 rings (SSSR count). The first-order valence-corrected chi connectivity index (χ1v) is 3.45. The summed E-state index contributed by atoms with van der Waals surface area (Å²) in [6, 6.07) is 0. The number of nitrogens with one attached hydrogen (secondary N) is 2. The van der Waals surface area contributed by atoms with Crippen molar-refractivity contribution in [1.82, 2.24) is 10.6 Å². The average molecular weight is 128 g/mol. The fourth-order valence-electron chi connectivity index (χ4n) is 1.52. The lowest BCUT2D eigenvalue weighted by Gasteiger charge is -2.18. The van der Waals surface area contributed by atoms with Crippen molar-refractivity contribution in [2.24, 2.45) is 0 Å². The molecule has 52 valence electrons. The van der Waals surface area contributed by atoms with E-state index in [1.165, 1.54) is 6.42 Å². The molecule has 0 radical (unpaired) electrons. The van der Waals surface area contributed by atoms with Gasteiger partial charge in [0.2, 0.25) is 0 Å². The van der Waals surface area contributed by atoms with Gasteiger partial charge in [0, 0.05) is 6.54 Å². The van der Waals surface area contributed by atoms with Crippen LogP contribution in [0, 0.1) is 0 Å². The molecule has 2 fully saturated rings. The van der Waals surface area contributed by atoms with Gasteiger partial charge in [-0.3, -0.25) is 5.32 Å². The molecule has 2 saturated heterocycles. The predicted octanol–water partition coefficient (Wildman–Crippen LogP) is -0.704. The molecule has 2 N–H and O–H groups in total. The molecule has 1 spiro atoms. The van der Waals surface area contributed by atoms with Crippen molar-refractivity contribution >= 4 is 0 Å². The van der Waals surface area contributed by atoms with Crippen LogP contribution in [0.1, 0.15) is 6.42 Å². The van der Waals surface area contributed by atoms with E-state index in [0.29, 0.717) is 5.54 Å². The summed E-state index contributed by atoms with van der Waals surface area (Å²) < 4.78 is 5.23. The van der Waals surface area contributed by atoms with E-state index in [1.54, 1.807) is 0 Å². The van der Waals surface area contributed by atoms with Crippen molar-refractivity contribution in [2.75, 3.05) is 26.4 Å². The lowest BCUT2D eigenvalue weighted by atomic mass is 10.0. The van der Waals surface area contributed by atoms with Crippen LogP contribution in [0.25, 0.3) is 0 Å². The third-order valence-corrected chi connectivity index (χ3v) is 2.17. The molecule has 0 amide bonds. The van der Waals surface area contributed by atoms with Crippen LogP contribution in [-0.4, -0.2) is 32.0 Å². The van der Waals surface area contributed by atoms with Crippen molar-refractivity contribution < 1.29 is 4.74 Å². The van der Waals surface area contributed by atoms with E-state index in [2.05, 4.69) is 10.6 Å². The highest BCUT2D eigenvalue weighted by Gasteiger charge is 2.36. The summed E-state index contributed by atoms with van der Waals surface area (Å²) in [7, 11) is 0. The van der Waals surface area contributed by atoms with E-state index >= 15 is 0 Å². The Morgan fingerprint density at radius 3 is 3.00 bits per heavy atom. The Morgan fingerprint density at radius 2 is 2.44 bits per heavy atom. The van der Waals surface area contributed by atoms with Gasteiger partial charge in [-0.1, -0.05) is 0 Å². The number of hydrogen-bond donors (Lipinski definition) is 2. The number of ether oxygens (including phenoxy) is 1. The van der Waals surface area contributed by atoms with Gasteiger partial charge >= 0.3 is 0 Å². The van der Waals surface area contributed by atoms with E-state index in [0.717, 1.165) is 26.4 Å². The van der Waals surface area contributed by atoms with E-state index in [4.69, 9.17) is 4.74 Å². The first kappa shape index (κ1) is 5.65. The van der Waals surface area contributed by atoms with Crippen LogP contribution < -0.4 is 10.6 Å². The molecule has 2 aliphatic rings. The number of hydrogen-bond acceptors (Lipinski definition) is 3. The summed E-state index contributed by atoms with van der Waals surface area (Å²) in [5, 5.41) is 6.66. The van der Waals surface area contributed by atoms with Crippen molar-refractivity contribution in [3.8, 4) is 0 Å². The van der Waals surface area contributed by atoms with Crippen LogP contribution in [0.15, 0.2) is 0 Å². The largest absolute Gasteiger partial charge is 0.364 e. The molecule has 0 bridgehead atoms. The molecule has 9 heavy (non-hydrogen) atoms. The van der Waals surface area contributed by atoms with Crippen LogP contribution in [0.4, 0.5) is 0 Å². The van der Waals surface area contributed by atoms with Crippen LogP contribution in [0.3, 0.4) is 0 Å². The second-order valence-electron chi connectivity index (χ2n) is 2.88. The van der Waals surface area contributed by atoms with Gasteiger partial charge in [0.1, 0.15) is 0 Å². The zero-order valence-corrected chi connectivity index (χ0v) is 5.44. The summed E-state index contributed by atoms with van der Waals surface area (Å²) in [5.41, 5.74) is 0.306. The van der Waals surface area contributed by atoms with E-state index < -0.39 is 0 Å². The van der Waals surface area contributed by atoms with Crippen LogP contribution in [0.2, 0.25) is 0 Å². The Hall–Kier alpha value is -0.120. The van der Waals surface area contributed by atoms with Gasteiger partial charge in [-0.05, 0) is 13.0 Å². The molecule has 3 heteroatoms. The Morgan fingerprint density at radius 1 is 1.44 bits per heavy atom. The van der Waals surface area contributed by atoms with Gasteiger partial charge in [0.25, 0.3) is 0 Å². The summed E-state index contributed by atoms with van der Waals surface area (Å²) in [6.45, 7) is 3.84. The predicted molar refractivity (Wildman–Crippen MR) is 34.2 cm³/mol. The zero-order valence-electron chi connectivity index (χ0n) is 5.44. The highest BCUT2D eigenvalue weighted by molar-refractivity contribution is 4.97. The molecule has 0 aromatic heterocycles. The van der Waals surface area contributed by atoms with Gasteiger partial charge in [-0.15, -0.1) is 0 Å². The minimum absolute atomic E-state index is 0.306. The maximum Gasteiger partial charge on any atom is 0.0971 e. The molecule has 0 saturated carbocycles. The van der Waals surface area contributed by atoms with Crippen molar-refractivity contribution in [1.29, 1.82) is 0 Å². The first-order chi connectivity index (χ1) is 4.41. The van der Waals surface area contributed by atoms with E-state index in [9.17, 15) is 0 Å². The minimum atomic E-state index is 0.306. The van der Waals surface area contributed by atoms with Gasteiger partial charge < -0.3 is 10.1 Å². The summed E-state index contributed by atoms with van der Waals surface area (Å²) in [6.07, 6.45) is 1.22. The van der Waals surface area contributed by atoms with Crippen LogP contribution in [0.5, 0.6) is 0 Å². The molecule has 0 aromatic carbocycles. The van der Waals surface area contributed by atoms with Gasteiger partial charge in [-0.2, -0.15) is 0 Å². The molecule has 2 heterocycles. The second kappa shape index (κ2) is 1.94. The first-order valence-electron chi connectivity index (χ1n) is 3.45. The van der Waals surface area contributed by atoms with Crippen molar-refractivity contribution in [3.63, 3.8) is 0 Å². The molecular weight excluding hydrogens is 116 g/mol. The third-order valence-electron chi connectivity index (χ3n) is 2.17. The molecule has 0 unspecified atom stereocenters. The Bertz CT molecular complexity index is 86.1. The topological polar surface area (TPSA) is 33.3 Å². The maximum absolute atomic E-state index is 5.23. The minimum Gasteiger partial charge on any atom is -0.364 e. The molecule has 0 aliphatic carbocycles. The zero-order chi connectivity index (χ0) is 6.16. The average Bonchev–Trinajstić information content (AvgIpc) is 2.45. The SMILES string of the molecule is C1C[C@]2(CN1)COCN2. The van der Waals surface area contributed by atoms with Crippen LogP contribution in [-0.2, 0) is 4.74 Å². The van der Waals surface area contributed by atoms with Crippen molar-refractivity contribution in [2.45, 2.75) is 12.0 Å². The number of rotatable bonds is 0. The third kappa shape index (κ3) is 0.852. The molecular formula is C6H12N2O. The van der Waals surface area contributed by atoms with E-state index in [-0.39, 0.29) is 0 Å². The van der Waals surface area contributed by atoms with Gasteiger partial charge in [0.05, 0.1) is 18.9 Å². The van der Waals surface area contributed by atoms with Gasteiger partial charge in [0.15, 0.2) is 0 Å². The highest BCUT2D eigenvalue weighted by atomic mass is 16.5. The lowest BCUT2D eigenvalue weighted by Crippen LogP contribution is -2.43. The molecule has 0 aromatic rings. The van der Waals surface area contributed by atoms with Crippen LogP contribution >= 0.6 is 0 Å². The van der Waals surface area contributed by atoms with Crippen molar-refractivity contribution in [3.05, 3.63) is 0 Å². The fourth-order valence-corrected chi connectivity index (χ4v) is 1.52. The standard InChI is InChI=1S/C6H12N2O/c1-2-7-3-6(1)4-9-5-8-6/h7-8H,1-5H2/t6-/m0/s1. The quantitative estimate of drug-likeness (QED) is 0.452. The lowest BCUT2D eigenvalue weighted by molar-refractivity contribution is 0.179. The van der Waals surface area contributed by atoms with Gasteiger partial charge in [-0.25, -0.2) is 0 Å². The Labute approximate surface area is 54.8 Å². The summed E-state index contributed by atoms with van der Waals surface area (Å²) in [4.78, 5) is 0. The maximum atomic E-state index is 5.23. The smallest absolute Gasteiger partial charge is 0.0971 e. The fraction of sp³-hybridized carbons (Fsp3) is 1.00. The monoisotopic (exact) mass is 128 g/mol.